The summed E-state index contributed by atoms with van der Waals surface area (Å²) in [7, 11) is 4.09. The summed E-state index contributed by atoms with van der Waals surface area (Å²) in [4.78, 5) is 2.13. The van der Waals surface area contributed by atoms with Crippen molar-refractivity contribution in [2.45, 2.75) is 19.5 Å². The maximum absolute atomic E-state index is 8.74. The van der Waals surface area contributed by atoms with Crippen molar-refractivity contribution in [3.05, 3.63) is 35.4 Å². The highest BCUT2D eigenvalue weighted by molar-refractivity contribution is 5.98. The quantitative estimate of drug-likeness (QED) is 0.302. The highest BCUT2D eigenvalue weighted by Gasteiger charge is 2.08. The molecule has 0 aliphatic heterocycles. The van der Waals surface area contributed by atoms with E-state index in [1.807, 2.05) is 38.4 Å². The molecule has 1 atom stereocenters. The number of nitrogens with zero attached hydrogens (tertiary/aromatic N) is 2. The van der Waals surface area contributed by atoms with Crippen LogP contribution in [0, 0.1) is 0 Å². The van der Waals surface area contributed by atoms with Crippen molar-refractivity contribution in [3.8, 4) is 0 Å². The van der Waals surface area contributed by atoms with Crippen LogP contribution in [0.2, 0.25) is 0 Å². The summed E-state index contributed by atoms with van der Waals surface area (Å²) in [6.07, 6.45) is 0. The number of rotatable bonds is 6. The van der Waals surface area contributed by atoms with Gasteiger partial charge < -0.3 is 21.2 Å². The molecule has 0 radical (unpaired) electrons. The van der Waals surface area contributed by atoms with Crippen molar-refractivity contribution in [1.82, 2.24) is 10.2 Å². The molecule has 0 spiro atoms. The highest BCUT2D eigenvalue weighted by Crippen LogP contribution is 2.08. The minimum atomic E-state index is 0.146. The lowest BCUT2D eigenvalue weighted by atomic mass is 10.1. The number of nitrogens with two attached hydrogens (primary N) is 1. The molecule has 1 rings (SSSR count). The van der Waals surface area contributed by atoms with Crippen LogP contribution in [-0.4, -0.2) is 42.6 Å². The fourth-order valence-corrected chi connectivity index (χ4v) is 1.87. The van der Waals surface area contributed by atoms with Gasteiger partial charge in [-0.25, -0.2) is 0 Å². The third kappa shape index (κ3) is 4.35. The number of amidine groups is 1. The summed E-state index contributed by atoms with van der Waals surface area (Å²) in [5.41, 5.74) is 7.44. The molecule has 5 heteroatoms. The van der Waals surface area contributed by atoms with Gasteiger partial charge in [-0.05, 0) is 26.6 Å². The van der Waals surface area contributed by atoms with E-state index in [1.165, 1.54) is 0 Å². The Labute approximate surface area is 108 Å². The number of oxime groups is 1. The molecule has 0 amide bonds. The van der Waals surface area contributed by atoms with E-state index in [0.717, 1.165) is 17.7 Å². The monoisotopic (exact) mass is 250 g/mol. The molecular formula is C13H22N4O. The van der Waals surface area contributed by atoms with Crippen molar-refractivity contribution in [2.24, 2.45) is 10.9 Å². The molecule has 0 saturated heterocycles. The summed E-state index contributed by atoms with van der Waals surface area (Å²) in [6.45, 7) is 3.79. The minimum Gasteiger partial charge on any atom is -0.409 e. The van der Waals surface area contributed by atoms with Crippen molar-refractivity contribution >= 4 is 5.84 Å². The van der Waals surface area contributed by atoms with E-state index in [4.69, 9.17) is 10.9 Å². The second-order valence-corrected chi connectivity index (χ2v) is 4.69. The maximum Gasteiger partial charge on any atom is 0.170 e. The third-order valence-corrected chi connectivity index (χ3v) is 2.68. The second-order valence-electron chi connectivity index (χ2n) is 4.69. The summed E-state index contributed by atoms with van der Waals surface area (Å²) in [6, 6.07) is 8.02. The van der Waals surface area contributed by atoms with Crippen LogP contribution in [0.3, 0.4) is 0 Å². The standard InChI is InChI=1S/C13H22N4O/c1-10(9-17(2)3)15-8-11-6-4-5-7-12(11)13(14)16-18/h4-7,10,15,18H,8-9H2,1-3H3,(H2,14,16). The van der Waals surface area contributed by atoms with Crippen LogP contribution >= 0.6 is 0 Å². The molecule has 4 N–H and O–H groups in total. The van der Waals surface area contributed by atoms with Gasteiger partial charge >= 0.3 is 0 Å². The Kier molecular flexibility index (Phi) is 5.61. The molecule has 0 saturated carbocycles. The van der Waals surface area contributed by atoms with Gasteiger partial charge in [-0.3, -0.25) is 0 Å². The van der Waals surface area contributed by atoms with Crippen LogP contribution in [0.25, 0.3) is 0 Å². The Bertz CT molecular complexity index is 404. The van der Waals surface area contributed by atoms with Gasteiger partial charge in [-0.1, -0.05) is 29.4 Å². The smallest absolute Gasteiger partial charge is 0.170 e. The zero-order valence-electron chi connectivity index (χ0n) is 11.2. The van der Waals surface area contributed by atoms with Crippen LogP contribution in [0.4, 0.5) is 0 Å². The molecule has 18 heavy (non-hydrogen) atoms. The number of hydrogen-bond acceptors (Lipinski definition) is 4. The SMILES string of the molecule is CC(CN(C)C)NCc1ccccc1/C(N)=N/O. The van der Waals surface area contributed by atoms with Crippen LogP contribution in [0.15, 0.2) is 29.4 Å². The lowest BCUT2D eigenvalue weighted by molar-refractivity contribution is 0.318. The largest absolute Gasteiger partial charge is 0.409 e. The molecule has 0 aromatic heterocycles. The molecule has 100 valence electrons. The van der Waals surface area contributed by atoms with Gasteiger partial charge in [-0.15, -0.1) is 0 Å². The Balaban J connectivity index is 2.67. The van der Waals surface area contributed by atoms with Crippen LogP contribution in [0.5, 0.6) is 0 Å². The molecule has 1 aromatic rings. The minimum absolute atomic E-state index is 0.146. The first-order valence-electron chi connectivity index (χ1n) is 5.98. The number of nitrogens with one attached hydrogen (secondary N) is 1. The Hall–Kier alpha value is -1.59. The van der Waals surface area contributed by atoms with E-state index in [0.29, 0.717) is 12.6 Å². The van der Waals surface area contributed by atoms with Gasteiger partial charge in [0.05, 0.1) is 0 Å². The van der Waals surface area contributed by atoms with Crippen molar-refractivity contribution in [3.63, 3.8) is 0 Å². The summed E-state index contributed by atoms with van der Waals surface area (Å²) in [5, 5.41) is 15.2. The van der Waals surface area contributed by atoms with E-state index >= 15 is 0 Å². The molecular weight excluding hydrogens is 228 g/mol. The maximum atomic E-state index is 8.74. The van der Waals surface area contributed by atoms with Crippen LogP contribution < -0.4 is 11.1 Å². The van der Waals surface area contributed by atoms with Gasteiger partial charge in [-0.2, -0.15) is 0 Å². The third-order valence-electron chi connectivity index (χ3n) is 2.68. The van der Waals surface area contributed by atoms with Crippen molar-refractivity contribution in [1.29, 1.82) is 0 Å². The second kappa shape index (κ2) is 6.98. The van der Waals surface area contributed by atoms with Gasteiger partial charge in [0.1, 0.15) is 0 Å². The van der Waals surface area contributed by atoms with Gasteiger partial charge in [0.15, 0.2) is 5.84 Å². The summed E-state index contributed by atoms with van der Waals surface area (Å²) in [5.74, 6) is 0.146. The van der Waals surface area contributed by atoms with E-state index in [-0.39, 0.29) is 5.84 Å². The average Bonchev–Trinajstić information content (AvgIpc) is 2.35. The topological polar surface area (TPSA) is 73.9 Å². The molecule has 5 nitrogen and oxygen atoms in total. The van der Waals surface area contributed by atoms with Gasteiger partial charge in [0.2, 0.25) is 0 Å². The van der Waals surface area contributed by atoms with Gasteiger partial charge in [0, 0.05) is 24.7 Å². The predicted molar refractivity (Wildman–Crippen MR) is 73.8 cm³/mol. The predicted octanol–water partition coefficient (Wildman–Crippen LogP) is 0.821. The number of benzene rings is 1. The van der Waals surface area contributed by atoms with Crippen LogP contribution in [0.1, 0.15) is 18.1 Å². The Morgan fingerprint density at radius 1 is 1.44 bits per heavy atom. The van der Waals surface area contributed by atoms with E-state index < -0.39 is 0 Å². The molecule has 0 fully saturated rings. The van der Waals surface area contributed by atoms with E-state index in [9.17, 15) is 0 Å². The summed E-state index contributed by atoms with van der Waals surface area (Å²) < 4.78 is 0. The average molecular weight is 250 g/mol. The first-order chi connectivity index (χ1) is 8.54. The Morgan fingerprint density at radius 2 is 2.11 bits per heavy atom. The molecule has 1 aromatic carbocycles. The lowest BCUT2D eigenvalue weighted by Gasteiger charge is -2.19. The van der Waals surface area contributed by atoms with Gasteiger partial charge in [0.25, 0.3) is 0 Å². The Morgan fingerprint density at radius 3 is 2.72 bits per heavy atom. The lowest BCUT2D eigenvalue weighted by Crippen LogP contribution is -2.35. The highest BCUT2D eigenvalue weighted by atomic mass is 16.4. The molecule has 0 aliphatic carbocycles. The van der Waals surface area contributed by atoms with Crippen molar-refractivity contribution < 1.29 is 5.21 Å². The molecule has 0 aliphatic rings. The zero-order valence-corrected chi connectivity index (χ0v) is 11.2. The molecule has 0 heterocycles. The summed E-state index contributed by atoms with van der Waals surface area (Å²) >= 11 is 0. The number of likely N-dealkylation sites (N-methyl/N-ethyl adjacent to an activating group) is 1. The fraction of sp³-hybridized carbons (Fsp3) is 0.462. The normalized spacial score (nSPS) is 13.9. The van der Waals surface area contributed by atoms with Crippen LogP contribution in [-0.2, 0) is 6.54 Å². The number of hydrogen-bond donors (Lipinski definition) is 3. The van der Waals surface area contributed by atoms with E-state index in [1.54, 1.807) is 0 Å². The first kappa shape index (κ1) is 14.5. The van der Waals surface area contributed by atoms with E-state index in [2.05, 4.69) is 22.3 Å². The molecule has 1 unspecified atom stereocenters. The first-order valence-corrected chi connectivity index (χ1v) is 5.98. The fourth-order valence-electron chi connectivity index (χ4n) is 1.87. The molecule has 0 bridgehead atoms. The zero-order chi connectivity index (χ0) is 13.5. The van der Waals surface area contributed by atoms with Crippen molar-refractivity contribution in [2.75, 3.05) is 20.6 Å².